The Bertz CT molecular complexity index is 1310. The van der Waals surface area contributed by atoms with Gasteiger partial charge in [0, 0.05) is 17.6 Å². The smallest absolute Gasteiger partial charge is 0.259 e. The van der Waals surface area contributed by atoms with Gasteiger partial charge in [-0.2, -0.15) is 9.94 Å². The van der Waals surface area contributed by atoms with Crippen LogP contribution in [0, 0.1) is 11.3 Å². The number of halogens is 1. The predicted octanol–water partition coefficient (Wildman–Crippen LogP) is 4.78. The lowest BCUT2D eigenvalue weighted by Crippen LogP contribution is -2.38. The number of alkyl halides is 1. The fraction of sp³-hybridized carbons (Fsp3) is 0.538. The van der Waals surface area contributed by atoms with Gasteiger partial charge >= 0.3 is 0 Å². The van der Waals surface area contributed by atoms with Gasteiger partial charge in [0.05, 0.1) is 25.2 Å². The average molecular weight is 573 g/mol. The number of nitriles is 1. The van der Waals surface area contributed by atoms with E-state index in [1.165, 1.54) is 11.0 Å². The molecule has 1 aliphatic rings. The second-order valence-corrected chi connectivity index (χ2v) is 11.2. The molecule has 1 N–H and O–H groups in total. The van der Waals surface area contributed by atoms with E-state index in [2.05, 4.69) is 31.7 Å². The fourth-order valence-corrected chi connectivity index (χ4v) is 6.31. The molecule has 5 atom stereocenters. The van der Waals surface area contributed by atoms with Crippen molar-refractivity contribution in [1.29, 1.82) is 5.26 Å². The topological polar surface area (TPSA) is 140 Å². The summed E-state index contributed by atoms with van der Waals surface area (Å²) in [5.74, 6) is -0.225. The summed E-state index contributed by atoms with van der Waals surface area (Å²) < 4.78 is 37.9. The van der Waals surface area contributed by atoms with Crippen LogP contribution in [0.5, 0.6) is 0 Å². The molecule has 0 bridgehead atoms. The van der Waals surface area contributed by atoms with Crippen molar-refractivity contribution in [1.82, 2.24) is 29.6 Å². The van der Waals surface area contributed by atoms with Crippen molar-refractivity contribution in [3.8, 4) is 6.07 Å². The molecule has 4 rings (SSSR count). The summed E-state index contributed by atoms with van der Waals surface area (Å²) in [4.78, 5) is 21.1. The van der Waals surface area contributed by atoms with Crippen LogP contribution in [0.2, 0.25) is 0 Å². The number of carbonyl (C=O) groups is 1. The van der Waals surface area contributed by atoms with Gasteiger partial charge in [-0.25, -0.2) is 19.0 Å². The molecule has 0 saturated carbocycles. The Labute approximate surface area is 233 Å². The van der Waals surface area contributed by atoms with E-state index in [4.69, 9.17) is 19.0 Å². The number of nitrogens with zero attached hydrogens (tertiary/aromatic N) is 7. The van der Waals surface area contributed by atoms with Gasteiger partial charge in [0.25, 0.3) is 14.4 Å². The van der Waals surface area contributed by atoms with E-state index in [9.17, 15) is 4.79 Å². The largest absolute Gasteiger partial charge is 0.347 e. The van der Waals surface area contributed by atoms with Gasteiger partial charge in [-0.15, -0.1) is 5.10 Å². The average Bonchev–Trinajstić information content (AvgIpc) is 3.50. The Hall–Kier alpha value is -3.14. The van der Waals surface area contributed by atoms with Crippen molar-refractivity contribution < 1.29 is 23.0 Å². The highest BCUT2D eigenvalue weighted by Gasteiger charge is 2.49. The molecule has 1 amide bonds. The lowest BCUT2D eigenvalue weighted by atomic mass is 10.1. The zero-order valence-electron chi connectivity index (χ0n) is 23.1. The third-order valence-corrected chi connectivity index (χ3v) is 8.44. The SMILES string of the molecule is CC[C@H]1O[C@@H](n2nnc3c(NC(=O)c4ccccc4)ncnc32)[C@@H](F)[C@@H]1OP(OCCC#N)N(C(C)C)C(C)C. The van der Waals surface area contributed by atoms with E-state index >= 15 is 4.39 Å². The predicted molar refractivity (Wildman–Crippen MR) is 147 cm³/mol. The van der Waals surface area contributed by atoms with Crippen molar-refractivity contribution in [2.45, 2.75) is 84.2 Å². The molecule has 1 aromatic carbocycles. The first-order valence-corrected chi connectivity index (χ1v) is 14.4. The van der Waals surface area contributed by atoms with Crippen LogP contribution in [0.15, 0.2) is 36.7 Å². The van der Waals surface area contributed by atoms with Crippen molar-refractivity contribution >= 4 is 31.4 Å². The van der Waals surface area contributed by atoms with Crippen molar-refractivity contribution in [3.05, 3.63) is 42.2 Å². The molecule has 3 heterocycles. The lowest BCUT2D eigenvalue weighted by Gasteiger charge is -2.37. The number of benzene rings is 1. The summed E-state index contributed by atoms with van der Waals surface area (Å²) in [5, 5.41) is 20.0. The first kappa shape index (κ1) is 29.8. The number of amides is 1. The van der Waals surface area contributed by atoms with Crippen LogP contribution in [-0.4, -0.2) is 72.6 Å². The highest BCUT2D eigenvalue weighted by atomic mass is 31.2. The Balaban J connectivity index is 1.59. The normalized spacial score (nSPS) is 21.8. The molecule has 40 heavy (non-hydrogen) atoms. The van der Waals surface area contributed by atoms with Crippen LogP contribution >= 0.6 is 8.53 Å². The van der Waals surface area contributed by atoms with E-state index in [1.807, 2.05) is 45.4 Å². The molecule has 0 spiro atoms. The lowest BCUT2D eigenvalue weighted by molar-refractivity contribution is -0.0301. The third-order valence-electron chi connectivity index (χ3n) is 6.31. The molecule has 2 aromatic heterocycles. The number of rotatable bonds is 12. The minimum absolute atomic E-state index is 0.0601. The number of fused-ring (bicyclic) bond motifs is 1. The monoisotopic (exact) mass is 572 g/mol. The second-order valence-electron chi connectivity index (χ2n) is 9.78. The minimum atomic E-state index is -1.69. The number of ether oxygens (including phenoxy) is 1. The van der Waals surface area contributed by atoms with Crippen LogP contribution < -0.4 is 5.32 Å². The maximum atomic E-state index is 16.2. The van der Waals surface area contributed by atoms with Gasteiger partial charge < -0.3 is 19.1 Å². The third kappa shape index (κ3) is 6.43. The van der Waals surface area contributed by atoms with E-state index in [-0.39, 0.29) is 48.0 Å². The van der Waals surface area contributed by atoms with E-state index < -0.39 is 33.1 Å². The Morgan fingerprint density at radius 3 is 2.62 bits per heavy atom. The van der Waals surface area contributed by atoms with Crippen LogP contribution in [0.25, 0.3) is 11.2 Å². The molecular formula is C26H34FN8O4P. The van der Waals surface area contributed by atoms with E-state index in [0.717, 1.165) is 0 Å². The number of hydrogen-bond acceptors (Lipinski definition) is 10. The van der Waals surface area contributed by atoms with Crippen molar-refractivity contribution in [2.24, 2.45) is 0 Å². The number of hydrogen-bond donors (Lipinski definition) is 1. The molecule has 0 aliphatic carbocycles. The molecule has 14 heteroatoms. The maximum absolute atomic E-state index is 16.2. The van der Waals surface area contributed by atoms with Crippen LogP contribution in [0.3, 0.4) is 0 Å². The summed E-state index contributed by atoms with van der Waals surface area (Å²) in [7, 11) is -1.69. The van der Waals surface area contributed by atoms with Gasteiger partial charge in [0.15, 0.2) is 29.4 Å². The maximum Gasteiger partial charge on any atom is 0.259 e. The molecule has 1 saturated heterocycles. The molecule has 1 fully saturated rings. The molecule has 1 aliphatic heterocycles. The molecule has 214 valence electrons. The van der Waals surface area contributed by atoms with Gasteiger partial charge in [-0.1, -0.05) is 30.3 Å². The van der Waals surface area contributed by atoms with Crippen LogP contribution in [0.4, 0.5) is 10.2 Å². The summed E-state index contributed by atoms with van der Waals surface area (Å²) >= 11 is 0. The standard InChI is InChI=1S/C26H34FN8O4P/c1-6-19-22(39-40(37-14-10-13-28)35(16(2)3)17(4)5)20(27)26(38-19)34-24-21(32-33-34)23(29-15-30-24)31-25(36)18-11-8-7-9-12-18/h7-9,11-12,15-17,19-20,22,26H,6,10,14H2,1-5H3,(H,29,30,31,36)/t19-,20+,22-,26-,40?/m1/s1. The van der Waals surface area contributed by atoms with Crippen LogP contribution in [-0.2, 0) is 13.8 Å². The quantitative estimate of drug-likeness (QED) is 0.238. The molecule has 3 aromatic rings. The highest BCUT2D eigenvalue weighted by Crippen LogP contribution is 2.51. The Morgan fingerprint density at radius 1 is 1.25 bits per heavy atom. The van der Waals surface area contributed by atoms with Gasteiger partial charge in [0.2, 0.25) is 0 Å². The van der Waals surface area contributed by atoms with Crippen LogP contribution in [0.1, 0.15) is 64.0 Å². The number of carbonyl (C=O) groups excluding carboxylic acids is 1. The molecule has 0 radical (unpaired) electrons. The summed E-state index contributed by atoms with van der Waals surface area (Å²) in [5.41, 5.74) is 0.855. The Morgan fingerprint density at radius 2 is 1.98 bits per heavy atom. The van der Waals surface area contributed by atoms with Crippen molar-refractivity contribution in [3.63, 3.8) is 0 Å². The zero-order valence-corrected chi connectivity index (χ0v) is 24.0. The summed E-state index contributed by atoms with van der Waals surface area (Å²) in [6, 6.07) is 10.9. The Kier molecular flexibility index (Phi) is 10.1. The fourth-order valence-electron chi connectivity index (χ4n) is 4.54. The minimum Gasteiger partial charge on any atom is -0.347 e. The molecule has 12 nitrogen and oxygen atoms in total. The number of anilines is 1. The zero-order chi connectivity index (χ0) is 28.8. The number of nitrogens with one attached hydrogen (secondary N) is 1. The molecular weight excluding hydrogens is 538 g/mol. The first-order chi connectivity index (χ1) is 19.3. The van der Waals surface area contributed by atoms with E-state index in [0.29, 0.717) is 12.0 Å². The van der Waals surface area contributed by atoms with Gasteiger partial charge in [-0.05, 0) is 46.2 Å². The number of aromatic nitrogens is 5. The highest BCUT2D eigenvalue weighted by molar-refractivity contribution is 7.44. The summed E-state index contributed by atoms with van der Waals surface area (Å²) in [6.45, 7) is 10.1. The first-order valence-electron chi connectivity index (χ1n) is 13.2. The van der Waals surface area contributed by atoms with Gasteiger partial charge in [0.1, 0.15) is 12.4 Å². The van der Waals surface area contributed by atoms with Gasteiger partial charge in [-0.3, -0.25) is 4.79 Å². The van der Waals surface area contributed by atoms with Crippen molar-refractivity contribution in [2.75, 3.05) is 11.9 Å². The molecule has 1 unspecified atom stereocenters. The van der Waals surface area contributed by atoms with E-state index in [1.54, 1.807) is 24.3 Å². The second kappa shape index (κ2) is 13.5. The summed E-state index contributed by atoms with van der Waals surface area (Å²) in [6.07, 6.45) is -2.42.